The van der Waals surface area contributed by atoms with Crippen molar-refractivity contribution in [1.82, 2.24) is 0 Å². The molecule has 0 amide bonds. The van der Waals surface area contributed by atoms with Crippen molar-refractivity contribution in [3.63, 3.8) is 0 Å². The number of benzene rings is 2. The standard InChI is InChI=1S/C8H9NO.C6H7N/c1-6(10)7-2-4-8(9)5-3-7;7-6-4-2-1-3-5-6/h2-5H,9H2,1H3;1-5H,7H2. The number of ketones is 1. The zero-order chi connectivity index (χ0) is 12.7. The lowest BCUT2D eigenvalue weighted by Gasteiger charge is -1.94. The van der Waals surface area contributed by atoms with Gasteiger partial charge in [-0.1, -0.05) is 18.2 Å². The Bertz CT molecular complexity index is 463. The largest absolute Gasteiger partial charge is 0.399 e. The summed E-state index contributed by atoms with van der Waals surface area (Å²) >= 11 is 0. The van der Waals surface area contributed by atoms with Crippen LogP contribution < -0.4 is 11.5 Å². The Morgan fingerprint density at radius 3 is 1.65 bits per heavy atom. The molecule has 0 saturated carbocycles. The van der Waals surface area contributed by atoms with Crippen molar-refractivity contribution >= 4 is 17.2 Å². The van der Waals surface area contributed by atoms with Gasteiger partial charge in [0.15, 0.2) is 5.78 Å². The van der Waals surface area contributed by atoms with E-state index in [4.69, 9.17) is 11.5 Å². The molecule has 0 radical (unpaired) electrons. The van der Waals surface area contributed by atoms with Gasteiger partial charge >= 0.3 is 0 Å². The molecule has 0 atom stereocenters. The second-order valence-electron chi connectivity index (χ2n) is 3.59. The van der Waals surface area contributed by atoms with Crippen molar-refractivity contribution in [1.29, 1.82) is 0 Å². The molecule has 3 heteroatoms. The zero-order valence-corrected chi connectivity index (χ0v) is 9.76. The summed E-state index contributed by atoms with van der Waals surface area (Å²) in [6.07, 6.45) is 0. The number of hydrogen-bond donors (Lipinski definition) is 2. The molecule has 0 unspecified atom stereocenters. The summed E-state index contributed by atoms with van der Waals surface area (Å²) in [5.41, 5.74) is 13.0. The molecule has 2 aromatic rings. The van der Waals surface area contributed by atoms with Crippen molar-refractivity contribution < 1.29 is 4.79 Å². The number of anilines is 2. The van der Waals surface area contributed by atoms with Crippen LogP contribution in [-0.4, -0.2) is 5.78 Å². The van der Waals surface area contributed by atoms with Gasteiger partial charge in [-0.15, -0.1) is 0 Å². The summed E-state index contributed by atoms with van der Waals surface area (Å²) in [7, 11) is 0. The third kappa shape index (κ3) is 4.84. The average Bonchev–Trinajstić information content (AvgIpc) is 2.31. The molecule has 17 heavy (non-hydrogen) atoms. The van der Waals surface area contributed by atoms with Gasteiger partial charge in [0.25, 0.3) is 0 Å². The van der Waals surface area contributed by atoms with Crippen LogP contribution in [0.3, 0.4) is 0 Å². The van der Waals surface area contributed by atoms with Gasteiger partial charge in [-0.3, -0.25) is 4.79 Å². The van der Waals surface area contributed by atoms with Crippen molar-refractivity contribution in [3.05, 3.63) is 60.2 Å². The van der Waals surface area contributed by atoms with Crippen LogP contribution >= 0.6 is 0 Å². The van der Waals surface area contributed by atoms with Gasteiger partial charge in [0.1, 0.15) is 0 Å². The van der Waals surface area contributed by atoms with Gasteiger partial charge in [0.2, 0.25) is 0 Å². The first-order chi connectivity index (χ1) is 8.09. The summed E-state index contributed by atoms with van der Waals surface area (Å²) in [5.74, 6) is 0.0694. The second kappa shape index (κ2) is 6.33. The Hall–Kier alpha value is -2.29. The fourth-order valence-electron chi connectivity index (χ4n) is 1.17. The predicted octanol–water partition coefficient (Wildman–Crippen LogP) is 2.74. The minimum absolute atomic E-state index is 0.0694. The van der Waals surface area contributed by atoms with Gasteiger partial charge < -0.3 is 11.5 Å². The Balaban J connectivity index is 0.000000181. The van der Waals surface area contributed by atoms with E-state index in [1.807, 2.05) is 30.3 Å². The van der Waals surface area contributed by atoms with Crippen LogP contribution in [0.2, 0.25) is 0 Å². The van der Waals surface area contributed by atoms with Crippen LogP contribution in [0.1, 0.15) is 17.3 Å². The van der Waals surface area contributed by atoms with E-state index in [1.54, 1.807) is 24.3 Å². The number of nitrogen functional groups attached to an aromatic ring is 2. The number of nitrogens with two attached hydrogens (primary N) is 2. The topological polar surface area (TPSA) is 69.1 Å². The van der Waals surface area contributed by atoms with E-state index in [9.17, 15) is 4.79 Å². The highest BCUT2D eigenvalue weighted by Gasteiger charge is 1.95. The number of Topliss-reactive ketones (excluding diaryl/α,β-unsaturated/α-hetero) is 1. The van der Waals surface area contributed by atoms with Gasteiger partial charge in [0.05, 0.1) is 0 Å². The van der Waals surface area contributed by atoms with E-state index in [-0.39, 0.29) is 5.78 Å². The highest BCUT2D eigenvalue weighted by molar-refractivity contribution is 5.94. The molecule has 3 nitrogen and oxygen atoms in total. The van der Waals surface area contributed by atoms with Gasteiger partial charge in [0, 0.05) is 16.9 Å². The molecule has 0 aliphatic rings. The molecular formula is C14H16N2O. The molecule has 4 N–H and O–H groups in total. The summed E-state index contributed by atoms with van der Waals surface area (Å²) in [4.78, 5) is 10.7. The number of carbonyl (C=O) groups excluding carboxylic acids is 1. The second-order valence-corrected chi connectivity index (χ2v) is 3.59. The Kier molecular flexibility index (Phi) is 4.76. The SMILES string of the molecule is CC(=O)c1ccc(N)cc1.Nc1ccccc1. The van der Waals surface area contributed by atoms with Crippen LogP contribution in [0.5, 0.6) is 0 Å². The van der Waals surface area contributed by atoms with Crippen LogP contribution in [0.15, 0.2) is 54.6 Å². The Morgan fingerprint density at radius 1 is 0.824 bits per heavy atom. The van der Waals surface area contributed by atoms with Crippen LogP contribution in [-0.2, 0) is 0 Å². The highest BCUT2D eigenvalue weighted by Crippen LogP contribution is 2.05. The first kappa shape index (κ1) is 12.8. The molecule has 2 aromatic carbocycles. The minimum Gasteiger partial charge on any atom is -0.399 e. The van der Waals surface area contributed by atoms with E-state index in [2.05, 4.69) is 0 Å². The molecule has 0 aromatic heterocycles. The van der Waals surface area contributed by atoms with E-state index in [0.29, 0.717) is 11.3 Å². The summed E-state index contributed by atoms with van der Waals surface area (Å²) in [6, 6.07) is 16.4. The number of carbonyl (C=O) groups is 1. The molecule has 0 fully saturated rings. The maximum atomic E-state index is 10.7. The van der Waals surface area contributed by atoms with Crippen LogP contribution in [0.25, 0.3) is 0 Å². The maximum Gasteiger partial charge on any atom is 0.159 e. The van der Waals surface area contributed by atoms with E-state index in [0.717, 1.165) is 5.69 Å². The fourth-order valence-corrected chi connectivity index (χ4v) is 1.17. The predicted molar refractivity (Wildman–Crippen MR) is 71.7 cm³/mol. The van der Waals surface area contributed by atoms with Crippen LogP contribution in [0.4, 0.5) is 11.4 Å². The third-order valence-electron chi connectivity index (χ3n) is 2.12. The van der Waals surface area contributed by atoms with Gasteiger partial charge in [-0.2, -0.15) is 0 Å². The van der Waals surface area contributed by atoms with Crippen molar-refractivity contribution in [2.75, 3.05) is 11.5 Å². The molecule has 88 valence electrons. The Morgan fingerprint density at radius 2 is 1.29 bits per heavy atom. The number of rotatable bonds is 1. The van der Waals surface area contributed by atoms with E-state index in [1.165, 1.54) is 6.92 Å². The molecule has 0 aliphatic carbocycles. The molecule has 2 rings (SSSR count). The molecule has 0 spiro atoms. The van der Waals surface area contributed by atoms with Gasteiger partial charge in [-0.25, -0.2) is 0 Å². The third-order valence-corrected chi connectivity index (χ3v) is 2.12. The van der Waals surface area contributed by atoms with E-state index < -0.39 is 0 Å². The first-order valence-electron chi connectivity index (χ1n) is 5.26. The molecule has 0 saturated heterocycles. The quantitative estimate of drug-likeness (QED) is 0.582. The molecular weight excluding hydrogens is 212 g/mol. The fraction of sp³-hybridized carbons (Fsp3) is 0.0714. The number of para-hydroxylation sites is 1. The smallest absolute Gasteiger partial charge is 0.159 e. The lowest BCUT2D eigenvalue weighted by atomic mass is 10.1. The maximum absolute atomic E-state index is 10.7. The molecule has 0 heterocycles. The summed E-state index contributed by atoms with van der Waals surface area (Å²) in [6.45, 7) is 1.53. The van der Waals surface area contributed by atoms with Crippen molar-refractivity contribution in [3.8, 4) is 0 Å². The van der Waals surface area contributed by atoms with Crippen LogP contribution in [0, 0.1) is 0 Å². The summed E-state index contributed by atoms with van der Waals surface area (Å²) in [5, 5.41) is 0. The lowest BCUT2D eigenvalue weighted by Crippen LogP contribution is -1.91. The molecule has 0 bridgehead atoms. The molecule has 0 aliphatic heterocycles. The highest BCUT2D eigenvalue weighted by atomic mass is 16.1. The van der Waals surface area contributed by atoms with Crippen molar-refractivity contribution in [2.24, 2.45) is 0 Å². The lowest BCUT2D eigenvalue weighted by molar-refractivity contribution is 0.101. The summed E-state index contributed by atoms with van der Waals surface area (Å²) < 4.78 is 0. The zero-order valence-electron chi connectivity index (χ0n) is 9.76. The minimum atomic E-state index is 0.0694. The van der Waals surface area contributed by atoms with Crippen molar-refractivity contribution in [2.45, 2.75) is 6.92 Å². The first-order valence-corrected chi connectivity index (χ1v) is 5.26. The van der Waals surface area contributed by atoms with Gasteiger partial charge in [-0.05, 0) is 43.3 Å². The monoisotopic (exact) mass is 228 g/mol. The average molecular weight is 228 g/mol. The van der Waals surface area contributed by atoms with E-state index >= 15 is 0 Å². The normalized spacial score (nSPS) is 9.00. The Labute approximate surface area is 101 Å². The number of hydrogen-bond acceptors (Lipinski definition) is 3.